The van der Waals surface area contributed by atoms with Gasteiger partial charge in [-0.3, -0.25) is 9.59 Å². The summed E-state index contributed by atoms with van der Waals surface area (Å²) in [4.78, 5) is 24.4. The second kappa shape index (κ2) is 7.26. The molecule has 2 atom stereocenters. The minimum Gasteiger partial charge on any atom is -0.454 e. The zero-order valence-corrected chi connectivity index (χ0v) is 14.5. The summed E-state index contributed by atoms with van der Waals surface area (Å²) in [6, 6.07) is 10.7. The van der Waals surface area contributed by atoms with Gasteiger partial charge in [0.25, 0.3) is 0 Å². The first kappa shape index (κ1) is 17.3. The highest BCUT2D eigenvalue weighted by molar-refractivity contribution is 5.81. The van der Waals surface area contributed by atoms with Crippen molar-refractivity contribution in [2.45, 2.75) is 31.3 Å². The van der Waals surface area contributed by atoms with Crippen molar-refractivity contribution in [1.82, 2.24) is 10.6 Å². The maximum Gasteiger partial charge on any atom is 0.231 e. The predicted octanol–water partition coefficient (Wildman–Crippen LogP) is 2.23. The van der Waals surface area contributed by atoms with Gasteiger partial charge in [-0.1, -0.05) is 18.2 Å². The Kier molecular flexibility index (Phi) is 4.66. The van der Waals surface area contributed by atoms with E-state index in [1.54, 1.807) is 24.3 Å². The Morgan fingerprint density at radius 3 is 2.74 bits per heavy atom. The van der Waals surface area contributed by atoms with Crippen LogP contribution < -0.4 is 20.1 Å². The number of halogens is 1. The average Bonchev–Trinajstić information content (AvgIpc) is 3.12. The smallest absolute Gasteiger partial charge is 0.231 e. The lowest BCUT2D eigenvalue weighted by Crippen LogP contribution is -2.50. The first-order valence-electron chi connectivity index (χ1n) is 8.81. The third kappa shape index (κ3) is 3.86. The second-order valence-corrected chi connectivity index (χ2v) is 6.67. The highest BCUT2D eigenvalue weighted by Gasteiger charge is 2.31. The van der Waals surface area contributed by atoms with E-state index >= 15 is 0 Å². The number of hydrogen-bond acceptors (Lipinski definition) is 4. The molecule has 1 fully saturated rings. The minimum absolute atomic E-state index is 0.0782. The number of fused-ring (bicyclic) bond motifs is 1. The lowest BCUT2D eigenvalue weighted by Gasteiger charge is -2.33. The summed E-state index contributed by atoms with van der Waals surface area (Å²) >= 11 is 0. The van der Waals surface area contributed by atoms with E-state index in [2.05, 4.69) is 10.6 Å². The van der Waals surface area contributed by atoms with Crippen LogP contribution in [0.15, 0.2) is 42.5 Å². The normalized spacial score (nSPS) is 20.9. The fourth-order valence-electron chi connectivity index (χ4n) is 3.43. The highest BCUT2D eigenvalue weighted by atomic mass is 19.1. The van der Waals surface area contributed by atoms with Crippen molar-refractivity contribution in [3.63, 3.8) is 0 Å². The van der Waals surface area contributed by atoms with Crippen molar-refractivity contribution < 1.29 is 23.5 Å². The Balaban J connectivity index is 1.45. The van der Waals surface area contributed by atoms with Crippen molar-refractivity contribution in [1.29, 1.82) is 0 Å². The van der Waals surface area contributed by atoms with Gasteiger partial charge in [0, 0.05) is 6.42 Å². The standard InChI is InChI=1S/C20H19FN2O4/c21-14-4-2-13(3-5-14)20-15(6-8-18(24)23-20)22-19(25)10-12-1-7-16-17(9-12)27-11-26-16/h1-5,7,9,15,20H,6,8,10-11H2,(H,22,25)(H,23,24). The highest BCUT2D eigenvalue weighted by Crippen LogP contribution is 2.32. The molecule has 1 saturated heterocycles. The molecule has 0 bridgehead atoms. The second-order valence-electron chi connectivity index (χ2n) is 6.67. The molecular formula is C20H19FN2O4. The number of ether oxygens (including phenoxy) is 2. The fraction of sp³-hybridized carbons (Fsp3) is 0.300. The average molecular weight is 370 g/mol. The first-order chi connectivity index (χ1) is 13.1. The molecule has 140 valence electrons. The number of rotatable bonds is 4. The van der Waals surface area contributed by atoms with Gasteiger partial charge in [0.05, 0.1) is 18.5 Å². The predicted molar refractivity (Wildman–Crippen MR) is 94.7 cm³/mol. The molecule has 2 amide bonds. The molecule has 6 nitrogen and oxygen atoms in total. The van der Waals surface area contributed by atoms with E-state index in [0.29, 0.717) is 24.3 Å². The molecule has 0 saturated carbocycles. The van der Waals surface area contributed by atoms with Crippen molar-refractivity contribution in [3.05, 3.63) is 59.4 Å². The molecule has 0 aromatic heterocycles. The van der Waals surface area contributed by atoms with E-state index in [-0.39, 0.29) is 42.9 Å². The molecule has 4 rings (SSSR count). The van der Waals surface area contributed by atoms with Crippen LogP contribution in [0.4, 0.5) is 4.39 Å². The molecular weight excluding hydrogens is 351 g/mol. The maximum atomic E-state index is 13.2. The van der Waals surface area contributed by atoms with Gasteiger partial charge in [0.2, 0.25) is 18.6 Å². The van der Waals surface area contributed by atoms with E-state index < -0.39 is 0 Å². The Bertz CT molecular complexity index is 869. The number of piperidine rings is 1. The van der Waals surface area contributed by atoms with Crippen LogP contribution in [0.1, 0.15) is 30.0 Å². The van der Waals surface area contributed by atoms with Crippen molar-refractivity contribution in [2.24, 2.45) is 0 Å². The molecule has 0 aliphatic carbocycles. The summed E-state index contributed by atoms with van der Waals surface area (Å²) in [7, 11) is 0. The van der Waals surface area contributed by atoms with Crippen molar-refractivity contribution in [3.8, 4) is 11.5 Å². The molecule has 2 aliphatic rings. The number of carbonyl (C=O) groups is 2. The Labute approximate surface area is 155 Å². The summed E-state index contributed by atoms with van der Waals surface area (Å²) in [6.07, 6.45) is 1.06. The van der Waals surface area contributed by atoms with Crippen LogP contribution in [-0.2, 0) is 16.0 Å². The monoisotopic (exact) mass is 370 g/mol. The van der Waals surface area contributed by atoms with Gasteiger partial charge in [0.1, 0.15) is 5.82 Å². The van der Waals surface area contributed by atoms with Crippen LogP contribution in [0.5, 0.6) is 11.5 Å². The third-order valence-electron chi connectivity index (χ3n) is 4.78. The largest absolute Gasteiger partial charge is 0.454 e. The van der Waals surface area contributed by atoms with E-state index in [1.165, 1.54) is 12.1 Å². The zero-order valence-electron chi connectivity index (χ0n) is 14.5. The topological polar surface area (TPSA) is 76.7 Å². The van der Waals surface area contributed by atoms with Crippen LogP contribution in [0.25, 0.3) is 0 Å². The zero-order chi connectivity index (χ0) is 18.8. The van der Waals surface area contributed by atoms with Gasteiger partial charge in [-0.15, -0.1) is 0 Å². The summed E-state index contributed by atoms with van der Waals surface area (Å²) in [5.74, 6) is 0.733. The van der Waals surface area contributed by atoms with Crippen molar-refractivity contribution >= 4 is 11.8 Å². The molecule has 0 spiro atoms. The molecule has 7 heteroatoms. The number of amides is 2. The Morgan fingerprint density at radius 1 is 1.15 bits per heavy atom. The number of nitrogens with one attached hydrogen (secondary N) is 2. The third-order valence-corrected chi connectivity index (χ3v) is 4.78. The Morgan fingerprint density at radius 2 is 1.93 bits per heavy atom. The first-order valence-corrected chi connectivity index (χ1v) is 8.81. The summed E-state index contributed by atoms with van der Waals surface area (Å²) in [5.41, 5.74) is 1.58. The van der Waals surface area contributed by atoms with Crippen LogP contribution in [0, 0.1) is 5.82 Å². The van der Waals surface area contributed by atoms with E-state index in [9.17, 15) is 14.0 Å². The SMILES string of the molecule is O=C(Cc1ccc2c(c1)OCO2)NC1CCC(=O)NC1c1ccc(F)cc1. The van der Waals surface area contributed by atoms with E-state index in [1.807, 2.05) is 6.07 Å². The van der Waals surface area contributed by atoms with Crippen LogP contribution in [0.2, 0.25) is 0 Å². The van der Waals surface area contributed by atoms with Gasteiger partial charge in [-0.25, -0.2) is 4.39 Å². The summed E-state index contributed by atoms with van der Waals surface area (Å²) < 4.78 is 23.8. The molecule has 2 aliphatic heterocycles. The van der Waals surface area contributed by atoms with Crippen LogP contribution >= 0.6 is 0 Å². The molecule has 2 aromatic carbocycles. The lowest BCUT2D eigenvalue weighted by atomic mass is 9.91. The van der Waals surface area contributed by atoms with E-state index in [4.69, 9.17) is 9.47 Å². The van der Waals surface area contributed by atoms with Gasteiger partial charge >= 0.3 is 0 Å². The van der Waals surface area contributed by atoms with Gasteiger partial charge in [0.15, 0.2) is 11.5 Å². The van der Waals surface area contributed by atoms with Crippen molar-refractivity contribution in [2.75, 3.05) is 6.79 Å². The van der Waals surface area contributed by atoms with Crippen LogP contribution in [0.3, 0.4) is 0 Å². The van der Waals surface area contributed by atoms with Gasteiger partial charge < -0.3 is 20.1 Å². The van der Waals surface area contributed by atoms with Gasteiger partial charge in [-0.2, -0.15) is 0 Å². The molecule has 27 heavy (non-hydrogen) atoms. The lowest BCUT2D eigenvalue weighted by molar-refractivity contribution is -0.126. The maximum absolute atomic E-state index is 13.2. The quantitative estimate of drug-likeness (QED) is 0.865. The molecule has 0 radical (unpaired) electrons. The summed E-state index contributed by atoms with van der Waals surface area (Å²) in [6.45, 7) is 0.187. The Hall–Kier alpha value is -3.09. The van der Waals surface area contributed by atoms with Crippen LogP contribution in [-0.4, -0.2) is 24.6 Å². The number of benzene rings is 2. The fourth-order valence-corrected chi connectivity index (χ4v) is 3.43. The van der Waals surface area contributed by atoms with E-state index in [0.717, 1.165) is 11.1 Å². The van der Waals surface area contributed by atoms with Gasteiger partial charge in [-0.05, 0) is 41.8 Å². The number of hydrogen-bond donors (Lipinski definition) is 2. The molecule has 2 unspecified atom stereocenters. The number of carbonyl (C=O) groups excluding carboxylic acids is 2. The molecule has 2 aromatic rings. The molecule has 2 N–H and O–H groups in total. The molecule has 2 heterocycles. The summed E-state index contributed by atoms with van der Waals surface area (Å²) in [5, 5.41) is 5.89. The minimum atomic E-state index is -0.382.